The molecule has 0 bridgehead atoms. The normalized spacial score (nSPS) is 16.1. The van der Waals surface area contributed by atoms with Gasteiger partial charge in [-0.2, -0.15) is 10.5 Å². The standard InChI is InChI=1S/C17H11ClN2O/c18-16-13-5-1-2-7-15(13)21-17-12(4-3-6-14(16)17)8-11(9-19)10-20/h1-2,5,7-8H,3-4,6H2. The molecule has 0 fully saturated rings. The molecule has 1 aliphatic heterocycles. The van der Waals surface area contributed by atoms with Gasteiger partial charge in [-0.25, -0.2) is 0 Å². The molecule has 1 aliphatic carbocycles. The highest BCUT2D eigenvalue weighted by Gasteiger charge is 2.27. The highest BCUT2D eigenvalue weighted by Crippen LogP contribution is 2.45. The van der Waals surface area contributed by atoms with Crippen LogP contribution in [0.25, 0.3) is 5.03 Å². The Morgan fingerprint density at radius 1 is 1.19 bits per heavy atom. The maximum Gasteiger partial charge on any atom is 0.136 e. The van der Waals surface area contributed by atoms with E-state index >= 15 is 0 Å². The largest absolute Gasteiger partial charge is 0.456 e. The molecule has 3 rings (SSSR count). The van der Waals surface area contributed by atoms with E-state index < -0.39 is 0 Å². The van der Waals surface area contributed by atoms with Gasteiger partial charge in [-0.05, 0) is 43.0 Å². The number of para-hydroxylation sites is 1. The maximum atomic E-state index is 8.92. The lowest BCUT2D eigenvalue weighted by Crippen LogP contribution is -2.14. The van der Waals surface area contributed by atoms with Crippen LogP contribution in [0.5, 0.6) is 5.75 Å². The molecule has 0 unspecified atom stereocenters. The number of allylic oxidation sites excluding steroid dienone is 4. The number of fused-ring (bicyclic) bond motifs is 2. The minimum atomic E-state index is 0.0809. The molecule has 4 heteroatoms. The summed E-state index contributed by atoms with van der Waals surface area (Å²) in [5.74, 6) is 1.41. The number of benzene rings is 1. The van der Waals surface area contributed by atoms with Crippen molar-refractivity contribution in [3.63, 3.8) is 0 Å². The van der Waals surface area contributed by atoms with Crippen molar-refractivity contribution >= 4 is 16.6 Å². The van der Waals surface area contributed by atoms with Gasteiger partial charge in [0.05, 0.1) is 5.03 Å². The number of rotatable bonds is 1. The Morgan fingerprint density at radius 2 is 1.95 bits per heavy atom. The third kappa shape index (κ3) is 2.33. The van der Waals surface area contributed by atoms with E-state index in [2.05, 4.69) is 0 Å². The van der Waals surface area contributed by atoms with E-state index in [1.165, 1.54) is 0 Å². The van der Waals surface area contributed by atoms with E-state index in [0.29, 0.717) is 16.5 Å². The van der Waals surface area contributed by atoms with Crippen LogP contribution >= 0.6 is 11.6 Å². The molecule has 21 heavy (non-hydrogen) atoms. The average molecular weight is 295 g/mol. The van der Waals surface area contributed by atoms with Crippen molar-refractivity contribution in [3.05, 3.63) is 58.4 Å². The first-order valence-corrected chi connectivity index (χ1v) is 7.03. The Labute approximate surface area is 128 Å². The van der Waals surface area contributed by atoms with Crippen molar-refractivity contribution in [1.82, 2.24) is 0 Å². The smallest absolute Gasteiger partial charge is 0.136 e. The third-order valence-electron chi connectivity index (χ3n) is 3.60. The van der Waals surface area contributed by atoms with Gasteiger partial charge in [0.2, 0.25) is 0 Å². The Balaban J connectivity index is 2.18. The molecule has 1 aromatic rings. The zero-order valence-electron chi connectivity index (χ0n) is 11.2. The predicted molar refractivity (Wildman–Crippen MR) is 80.0 cm³/mol. The molecule has 0 saturated carbocycles. The molecule has 0 aromatic heterocycles. The Morgan fingerprint density at radius 3 is 2.71 bits per heavy atom. The first-order chi connectivity index (χ1) is 10.2. The first-order valence-electron chi connectivity index (χ1n) is 6.66. The fourth-order valence-corrected chi connectivity index (χ4v) is 2.96. The average Bonchev–Trinajstić information content (AvgIpc) is 2.53. The summed E-state index contributed by atoms with van der Waals surface area (Å²) in [4.78, 5) is 0. The molecule has 0 N–H and O–H groups in total. The van der Waals surface area contributed by atoms with Crippen LogP contribution in [0.1, 0.15) is 24.8 Å². The quantitative estimate of drug-likeness (QED) is 0.719. The Hall–Kier alpha value is -2.49. The lowest BCUT2D eigenvalue weighted by Gasteiger charge is -2.28. The van der Waals surface area contributed by atoms with E-state index in [1.807, 2.05) is 36.4 Å². The van der Waals surface area contributed by atoms with Crippen LogP contribution in [0.2, 0.25) is 0 Å². The Bertz CT molecular complexity index is 772. The summed E-state index contributed by atoms with van der Waals surface area (Å²) in [6.45, 7) is 0. The fraction of sp³-hybridized carbons (Fsp3) is 0.176. The van der Waals surface area contributed by atoms with Crippen molar-refractivity contribution in [1.29, 1.82) is 10.5 Å². The minimum absolute atomic E-state index is 0.0809. The van der Waals surface area contributed by atoms with Gasteiger partial charge in [0.15, 0.2) is 0 Å². The van der Waals surface area contributed by atoms with Crippen LogP contribution in [-0.2, 0) is 0 Å². The van der Waals surface area contributed by atoms with E-state index in [0.717, 1.165) is 36.0 Å². The number of halogens is 1. The van der Waals surface area contributed by atoms with Crippen molar-refractivity contribution in [2.24, 2.45) is 0 Å². The first kappa shape index (κ1) is 13.5. The highest BCUT2D eigenvalue weighted by molar-refractivity contribution is 6.50. The summed E-state index contributed by atoms with van der Waals surface area (Å²) in [7, 11) is 0. The van der Waals surface area contributed by atoms with Gasteiger partial charge in [-0.1, -0.05) is 23.7 Å². The van der Waals surface area contributed by atoms with Gasteiger partial charge in [-0.15, -0.1) is 0 Å². The second kappa shape index (κ2) is 5.48. The lowest BCUT2D eigenvalue weighted by atomic mass is 9.89. The highest BCUT2D eigenvalue weighted by atomic mass is 35.5. The van der Waals surface area contributed by atoms with Gasteiger partial charge >= 0.3 is 0 Å². The molecular weight excluding hydrogens is 284 g/mol. The molecular formula is C17H11ClN2O. The van der Waals surface area contributed by atoms with Crippen molar-refractivity contribution in [2.45, 2.75) is 19.3 Å². The SMILES string of the molecule is N#CC(C#N)=CC1=C2Oc3ccccc3C(Cl)=C2CCC1. The molecule has 2 aliphatic rings. The van der Waals surface area contributed by atoms with Crippen molar-refractivity contribution < 1.29 is 4.74 Å². The summed E-state index contributed by atoms with van der Waals surface area (Å²) < 4.78 is 5.98. The summed E-state index contributed by atoms with van der Waals surface area (Å²) in [6, 6.07) is 11.4. The molecule has 0 spiro atoms. The zero-order chi connectivity index (χ0) is 14.8. The summed E-state index contributed by atoms with van der Waals surface area (Å²) in [5.41, 5.74) is 2.80. The van der Waals surface area contributed by atoms with Gasteiger partial charge in [0, 0.05) is 11.1 Å². The van der Waals surface area contributed by atoms with Crippen LogP contribution < -0.4 is 4.74 Å². The van der Waals surface area contributed by atoms with Crippen molar-refractivity contribution in [2.75, 3.05) is 0 Å². The predicted octanol–water partition coefficient (Wildman–Crippen LogP) is 4.44. The maximum absolute atomic E-state index is 8.92. The number of nitriles is 2. The van der Waals surface area contributed by atoms with Gasteiger partial charge < -0.3 is 4.74 Å². The Kier molecular flexibility index (Phi) is 3.52. The fourth-order valence-electron chi connectivity index (χ4n) is 2.62. The number of hydrogen-bond acceptors (Lipinski definition) is 3. The van der Waals surface area contributed by atoms with Gasteiger partial charge in [-0.3, -0.25) is 0 Å². The van der Waals surface area contributed by atoms with Crippen molar-refractivity contribution in [3.8, 4) is 17.9 Å². The molecule has 1 heterocycles. The van der Waals surface area contributed by atoms with Gasteiger partial charge in [0.1, 0.15) is 29.2 Å². The molecule has 0 radical (unpaired) electrons. The van der Waals surface area contributed by atoms with Gasteiger partial charge in [0.25, 0.3) is 0 Å². The number of hydrogen-bond donors (Lipinski definition) is 0. The lowest BCUT2D eigenvalue weighted by molar-refractivity contribution is 0.410. The number of nitrogens with zero attached hydrogens (tertiary/aromatic N) is 2. The monoisotopic (exact) mass is 294 g/mol. The molecule has 102 valence electrons. The summed E-state index contributed by atoms with van der Waals surface area (Å²) in [5, 5.41) is 18.5. The molecule has 0 atom stereocenters. The van der Waals surface area contributed by atoms with Crippen LogP contribution in [0.3, 0.4) is 0 Å². The van der Waals surface area contributed by atoms with E-state index in [-0.39, 0.29) is 5.57 Å². The minimum Gasteiger partial charge on any atom is -0.456 e. The summed E-state index contributed by atoms with van der Waals surface area (Å²) in [6.07, 6.45) is 4.15. The van der Waals surface area contributed by atoms with Crippen LogP contribution in [0.4, 0.5) is 0 Å². The van der Waals surface area contributed by atoms with Crippen LogP contribution in [0.15, 0.2) is 52.8 Å². The summed E-state index contributed by atoms with van der Waals surface area (Å²) >= 11 is 6.51. The molecule has 0 amide bonds. The topological polar surface area (TPSA) is 56.8 Å². The van der Waals surface area contributed by atoms with E-state index in [1.54, 1.807) is 6.08 Å². The van der Waals surface area contributed by atoms with E-state index in [9.17, 15) is 0 Å². The third-order valence-corrected chi connectivity index (χ3v) is 4.03. The second-order valence-corrected chi connectivity index (χ2v) is 5.26. The number of ether oxygens (including phenoxy) is 1. The molecule has 3 nitrogen and oxygen atoms in total. The molecule has 0 saturated heterocycles. The van der Waals surface area contributed by atoms with E-state index in [4.69, 9.17) is 26.9 Å². The van der Waals surface area contributed by atoms with Crippen LogP contribution in [-0.4, -0.2) is 0 Å². The van der Waals surface area contributed by atoms with Crippen LogP contribution in [0, 0.1) is 22.7 Å². The second-order valence-electron chi connectivity index (χ2n) is 4.88. The molecule has 1 aromatic carbocycles. The zero-order valence-corrected chi connectivity index (χ0v) is 11.9.